The molecule has 0 amide bonds. The van der Waals surface area contributed by atoms with Gasteiger partial charge in [-0.2, -0.15) is 0 Å². The molecule has 3 unspecified atom stereocenters. The summed E-state index contributed by atoms with van der Waals surface area (Å²) in [6.07, 6.45) is 4.26. The SMILES string of the molecule is CC1CCC(C(CN)N2CCc3sccc3C2)O1. The Hall–Kier alpha value is -0.420. The van der Waals surface area contributed by atoms with Crippen molar-refractivity contribution in [1.29, 1.82) is 0 Å². The molecular formula is C14H22N2OS. The molecule has 100 valence electrons. The average molecular weight is 266 g/mol. The summed E-state index contributed by atoms with van der Waals surface area (Å²) in [5.41, 5.74) is 7.50. The van der Waals surface area contributed by atoms with Gasteiger partial charge in [0.2, 0.25) is 0 Å². The Kier molecular flexibility index (Phi) is 3.71. The molecule has 2 aliphatic heterocycles. The Morgan fingerprint density at radius 3 is 3.17 bits per heavy atom. The summed E-state index contributed by atoms with van der Waals surface area (Å²) < 4.78 is 6.02. The van der Waals surface area contributed by atoms with Crippen LogP contribution in [0.4, 0.5) is 0 Å². The number of ether oxygens (including phenoxy) is 1. The van der Waals surface area contributed by atoms with Crippen LogP contribution >= 0.6 is 11.3 Å². The van der Waals surface area contributed by atoms with Crippen LogP contribution in [0.1, 0.15) is 30.2 Å². The second kappa shape index (κ2) is 5.29. The van der Waals surface area contributed by atoms with Crippen LogP contribution in [-0.2, 0) is 17.7 Å². The molecule has 0 aromatic carbocycles. The molecule has 3 nitrogen and oxygen atoms in total. The van der Waals surface area contributed by atoms with E-state index in [9.17, 15) is 0 Å². The van der Waals surface area contributed by atoms with Crippen molar-refractivity contribution in [2.24, 2.45) is 5.73 Å². The van der Waals surface area contributed by atoms with Crippen molar-refractivity contribution >= 4 is 11.3 Å². The van der Waals surface area contributed by atoms with E-state index in [-0.39, 0.29) is 0 Å². The number of nitrogens with two attached hydrogens (primary N) is 1. The molecule has 2 N–H and O–H groups in total. The van der Waals surface area contributed by atoms with Gasteiger partial charge in [-0.05, 0) is 43.2 Å². The van der Waals surface area contributed by atoms with Gasteiger partial charge < -0.3 is 10.5 Å². The monoisotopic (exact) mass is 266 g/mol. The number of hydrogen-bond donors (Lipinski definition) is 1. The molecule has 0 spiro atoms. The minimum atomic E-state index is 0.338. The third-order valence-electron chi connectivity index (χ3n) is 4.24. The van der Waals surface area contributed by atoms with Gasteiger partial charge in [0.15, 0.2) is 0 Å². The van der Waals surface area contributed by atoms with Crippen molar-refractivity contribution in [3.8, 4) is 0 Å². The zero-order valence-corrected chi connectivity index (χ0v) is 11.8. The first-order valence-corrected chi connectivity index (χ1v) is 7.80. The van der Waals surface area contributed by atoms with Crippen LogP contribution in [-0.4, -0.2) is 36.2 Å². The lowest BCUT2D eigenvalue weighted by Crippen LogP contribution is -2.49. The van der Waals surface area contributed by atoms with Crippen molar-refractivity contribution in [1.82, 2.24) is 4.90 Å². The standard InChI is InChI=1S/C14H22N2OS/c1-10-2-3-13(17-10)12(8-15)16-6-4-14-11(9-16)5-7-18-14/h5,7,10,12-13H,2-4,6,8-9,15H2,1H3. The van der Waals surface area contributed by atoms with Crippen LogP contribution in [0.5, 0.6) is 0 Å². The van der Waals surface area contributed by atoms with Gasteiger partial charge in [-0.25, -0.2) is 0 Å². The molecule has 4 heteroatoms. The molecule has 0 aliphatic carbocycles. The number of hydrogen-bond acceptors (Lipinski definition) is 4. The highest BCUT2D eigenvalue weighted by molar-refractivity contribution is 7.10. The van der Waals surface area contributed by atoms with E-state index in [1.807, 2.05) is 11.3 Å². The minimum Gasteiger partial charge on any atom is -0.374 e. The van der Waals surface area contributed by atoms with Crippen LogP contribution in [0, 0.1) is 0 Å². The van der Waals surface area contributed by atoms with Crippen LogP contribution in [0.15, 0.2) is 11.4 Å². The first-order chi connectivity index (χ1) is 8.78. The van der Waals surface area contributed by atoms with Crippen LogP contribution in [0.2, 0.25) is 0 Å². The second-order valence-electron chi connectivity index (χ2n) is 5.46. The third kappa shape index (κ3) is 2.35. The molecule has 1 saturated heterocycles. The number of thiophene rings is 1. The molecule has 2 aliphatic rings. The predicted molar refractivity (Wildman–Crippen MR) is 74.8 cm³/mol. The highest BCUT2D eigenvalue weighted by atomic mass is 32.1. The predicted octanol–water partition coefficient (Wildman–Crippen LogP) is 2.00. The number of rotatable bonds is 3. The highest BCUT2D eigenvalue weighted by Crippen LogP contribution is 2.29. The van der Waals surface area contributed by atoms with Gasteiger partial charge in [0.25, 0.3) is 0 Å². The summed E-state index contributed by atoms with van der Waals surface area (Å²) in [4.78, 5) is 4.08. The van der Waals surface area contributed by atoms with Crippen molar-refractivity contribution < 1.29 is 4.74 Å². The summed E-state index contributed by atoms with van der Waals surface area (Å²) in [6, 6.07) is 2.65. The van der Waals surface area contributed by atoms with Crippen molar-refractivity contribution in [3.63, 3.8) is 0 Å². The van der Waals surface area contributed by atoms with Gasteiger partial charge in [-0.3, -0.25) is 4.90 Å². The van der Waals surface area contributed by atoms with Gasteiger partial charge in [0.1, 0.15) is 0 Å². The van der Waals surface area contributed by atoms with Crippen molar-refractivity contribution in [3.05, 3.63) is 21.9 Å². The first kappa shape index (κ1) is 12.6. The van der Waals surface area contributed by atoms with Crippen LogP contribution in [0.25, 0.3) is 0 Å². The van der Waals surface area contributed by atoms with Crippen LogP contribution < -0.4 is 5.73 Å². The van der Waals surface area contributed by atoms with Gasteiger partial charge in [-0.15, -0.1) is 11.3 Å². The zero-order valence-electron chi connectivity index (χ0n) is 11.0. The Bertz CT molecular complexity index is 406. The van der Waals surface area contributed by atoms with Gasteiger partial charge in [0, 0.05) is 30.6 Å². The summed E-state index contributed by atoms with van der Waals surface area (Å²) in [6.45, 7) is 5.05. The summed E-state index contributed by atoms with van der Waals surface area (Å²) in [7, 11) is 0. The quantitative estimate of drug-likeness (QED) is 0.909. The minimum absolute atomic E-state index is 0.338. The fourth-order valence-corrected chi connectivity index (χ4v) is 4.10. The lowest BCUT2D eigenvalue weighted by molar-refractivity contribution is -0.00820. The second-order valence-corrected chi connectivity index (χ2v) is 6.46. The summed E-state index contributed by atoms with van der Waals surface area (Å²) >= 11 is 1.89. The molecule has 18 heavy (non-hydrogen) atoms. The normalized spacial score (nSPS) is 30.3. The molecular weight excluding hydrogens is 244 g/mol. The Morgan fingerprint density at radius 1 is 1.56 bits per heavy atom. The van der Waals surface area contributed by atoms with Gasteiger partial charge >= 0.3 is 0 Å². The maximum atomic E-state index is 6.02. The zero-order chi connectivity index (χ0) is 12.5. The molecule has 1 aromatic heterocycles. The Morgan fingerprint density at radius 2 is 2.44 bits per heavy atom. The van der Waals surface area contributed by atoms with E-state index in [0.29, 0.717) is 24.8 Å². The lowest BCUT2D eigenvalue weighted by atomic mass is 10.0. The molecule has 1 aromatic rings. The third-order valence-corrected chi connectivity index (χ3v) is 5.26. The molecule has 1 fully saturated rings. The fourth-order valence-electron chi connectivity index (χ4n) is 3.21. The van der Waals surface area contributed by atoms with E-state index >= 15 is 0 Å². The van der Waals surface area contributed by atoms with Crippen molar-refractivity contribution in [2.45, 2.75) is 51.0 Å². The van der Waals surface area contributed by atoms with E-state index < -0.39 is 0 Å². The number of fused-ring (bicyclic) bond motifs is 1. The molecule has 3 heterocycles. The van der Waals surface area contributed by atoms with Crippen molar-refractivity contribution in [2.75, 3.05) is 13.1 Å². The van der Waals surface area contributed by atoms with E-state index in [1.54, 1.807) is 4.88 Å². The smallest absolute Gasteiger partial charge is 0.0747 e. The molecule has 0 radical (unpaired) electrons. The molecule has 0 saturated carbocycles. The van der Waals surface area contributed by atoms with E-state index in [2.05, 4.69) is 23.3 Å². The summed E-state index contributed by atoms with van der Waals surface area (Å²) in [5.74, 6) is 0. The van der Waals surface area contributed by atoms with E-state index in [1.165, 1.54) is 18.4 Å². The Balaban J connectivity index is 1.70. The lowest BCUT2D eigenvalue weighted by Gasteiger charge is -2.37. The highest BCUT2D eigenvalue weighted by Gasteiger charge is 2.34. The Labute approximate surface area is 113 Å². The maximum absolute atomic E-state index is 6.02. The van der Waals surface area contributed by atoms with Crippen LogP contribution in [0.3, 0.4) is 0 Å². The largest absolute Gasteiger partial charge is 0.374 e. The molecule has 3 rings (SSSR count). The van der Waals surface area contributed by atoms with E-state index in [4.69, 9.17) is 10.5 Å². The number of nitrogens with zero attached hydrogens (tertiary/aromatic N) is 1. The molecule has 0 bridgehead atoms. The molecule has 3 atom stereocenters. The van der Waals surface area contributed by atoms with Gasteiger partial charge in [0.05, 0.1) is 12.2 Å². The topological polar surface area (TPSA) is 38.5 Å². The van der Waals surface area contributed by atoms with E-state index in [0.717, 1.165) is 19.5 Å². The maximum Gasteiger partial charge on any atom is 0.0747 e. The fraction of sp³-hybridized carbons (Fsp3) is 0.714. The summed E-state index contributed by atoms with van der Waals surface area (Å²) in [5, 5.41) is 2.21. The van der Waals surface area contributed by atoms with Gasteiger partial charge in [-0.1, -0.05) is 0 Å². The average Bonchev–Trinajstić information content (AvgIpc) is 2.99. The first-order valence-electron chi connectivity index (χ1n) is 6.92.